The van der Waals surface area contributed by atoms with Crippen LogP contribution in [0.25, 0.3) is 11.1 Å². The second kappa shape index (κ2) is 8.78. The van der Waals surface area contributed by atoms with E-state index in [9.17, 15) is 0 Å². The summed E-state index contributed by atoms with van der Waals surface area (Å²) in [6, 6.07) is 27.3. The predicted octanol–water partition coefficient (Wildman–Crippen LogP) is 7.29. The van der Waals surface area contributed by atoms with Crippen molar-refractivity contribution in [1.29, 1.82) is 0 Å². The lowest BCUT2D eigenvalue weighted by Crippen LogP contribution is -2.19. The van der Waals surface area contributed by atoms with Crippen LogP contribution < -0.4 is 0 Å². The number of aryl methyl sites for hydroxylation is 1. The topological polar surface area (TPSA) is 0 Å². The Labute approximate surface area is 170 Å². The van der Waals surface area contributed by atoms with Crippen molar-refractivity contribution in [2.45, 2.75) is 52.4 Å². The van der Waals surface area contributed by atoms with Gasteiger partial charge in [0.05, 0.1) is 0 Å². The first-order valence-electron chi connectivity index (χ1n) is 11.0. The van der Waals surface area contributed by atoms with E-state index in [0.717, 1.165) is 0 Å². The Hall–Kier alpha value is -2.34. The summed E-state index contributed by atoms with van der Waals surface area (Å²) < 4.78 is 0. The molecule has 0 saturated carbocycles. The number of fused-ring (bicyclic) bond motifs is 3. The van der Waals surface area contributed by atoms with Crippen LogP contribution in [0.5, 0.6) is 0 Å². The third-order valence-corrected chi connectivity index (χ3v) is 6.47. The average molecular weight is 369 g/mol. The van der Waals surface area contributed by atoms with Crippen molar-refractivity contribution in [2.75, 3.05) is 0 Å². The molecule has 2 unspecified atom stereocenters. The molecule has 0 spiro atoms. The van der Waals surface area contributed by atoms with Crippen LogP contribution in [-0.2, 0) is 25.7 Å². The molecule has 3 aromatic rings. The lowest BCUT2D eigenvalue weighted by molar-refractivity contribution is 0.353. The molecule has 0 radical (unpaired) electrons. The van der Waals surface area contributed by atoms with E-state index in [1.807, 2.05) is 0 Å². The van der Waals surface area contributed by atoms with E-state index in [0.29, 0.717) is 11.8 Å². The monoisotopic (exact) mass is 368 g/mol. The minimum atomic E-state index is 0.667. The van der Waals surface area contributed by atoms with Crippen LogP contribution in [0, 0.1) is 11.8 Å². The van der Waals surface area contributed by atoms with Crippen LogP contribution in [-0.4, -0.2) is 0 Å². The molecule has 4 rings (SSSR count). The third kappa shape index (κ3) is 4.22. The quantitative estimate of drug-likeness (QED) is 0.428. The standard InChI is InChI=1S/C28H32/c1-3-4-10-23-15-16-28-26(18-23)20-25(19-24-13-8-9-14-27(24)28)21(2)17-22-11-6-5-7-12-22/h5-9,11-16,18,21,25H,3-4,10,17,19-20H2,1-2H3. The molecule has 0 aromatic heterocycles. The molecule has 144 valence electrons. The highest BCUT2D eigenvalue weighted by Crippen LogP contribution is 2.38. The molecule has 0 heterocycles. The van der Waals surface area contributed by atoms with Crippen molar-refractivity contribution in [3.8, 4) is 11.1 Å². The highest BCUT2D eigenvalue weighted by Gasteiger charge is 2.25. The number of benzene rings is 3. The van der Waals surface area contributed by atoms with Crippen molar-refractivity contribution in [3.63, 3.8) is 0 Å². The first-order valence-corrected chi connectivity index (χ1v) is 11.0. The summed E-state index contributed by atoms with van der Waals surface area (Å²) in [4.78, 5) is 0. The smallest absolute Gasteiger partial charge is 0.0149 e. The van der Waals surface area contributed by atoms with Crippen molar-refractivity contribution in [3.05, 3.63) is 95.1 Å². The average Bonchev–Trinajstić information content (AvgIpc) is 2.89. The zero-order chi connectivity index (χ0) is 19.3. The Morgan fingerprint density at radius 1 is 0.786 bits per heavy atom. The van der Waals surface area contributed by atoms with Gasteiger partial charge in [-0.15, -0.1) is 0 Å². The summed E-state index contributed by atoms with van der Waals surface area (Å²) in [5, 5.41) is 0. The van der Waals surface area contributed by atoms with Crippen LogP contribution in [0.1, 0.15) is 48.9 Å². The molecule has 1 aliphatic rings. The second-order valence-corrected chi connectivity index (χ2v) is 8.59. The fourth-order valence-corrected chi connectivity index (χ4v) is 4.77. The largest absolute Gasteiger partial charge is 0.0654 e. The van der Waals surface area contributed by atoms with E-state index in [4.69, 9.17) is 0 Å². The molecule has 0 nitrogen and oxygen atoms in total. The summed E-state index contributed by atoms with van der Waals surface area (Å²) in [6.45, 7) is 4.73. The fraction of sp³-hybridized carbons (Fsp3) is 0.357. The minimum Gasteiger partial charge on any atom is -0.0654 e. The molecule has 0 fully saturated rings. The van der Waals surface area contributed by atoms with Gasteiger partial charge in [0.15, 0.2) is 0 Å². The van der Waals surface area contributed by atoms with Crippen molar-refractivity contribution < 1.29 is 0 Å². The van der Waals surface area contributed by atoms with Gasteiger partial charge in [-0.3, -0.25) is 0 Å². The number of hydrogen-bond acceptors (Lipinski definition) is 0. The van der Waals surface area contributed by atoms with Crippen LogP contribution in [0.2, 0.25) is 0 Å². The van der Waals surface area contributed by atoms with E-state index in [1.54, 1.807) is 5.56 Å². The zero-order valence-corrected chi connectivity index (χ0v) is 17.3. The molecule has 3 aromatic carbocycles. The van der Waals surface area contributed by atoms with Crippen molar-refractivity contribution >= 4 is 0 Å². The van der Waals surface area contributed by atoms with Gasteiger partial charge in [-0.2, -0.15) is 0 Å². The summed E-state index contributed by atoms with van der Waals surface area (Å²) in [6.07, 6.45) is 7.29. The Morgan fingerprint density at radius 3 is 2.32 bits per heavy atom. The van der Waals surface area contributed by atoms with Gasteiger partial charge in [0.2, 0.25) is 0 Å². The highest BCUT2D eigenvalue weighted by molar-refractivity contribution is 5.72. The zero-order valence-electron chi connectivity index (χ0n) is 17.3. The maximum atomic E-state index is 2.51. The van der Waals surface area contributed by atoms with Gasteiger partial charge in [0, 0.05) is 0 Å². The first kappa shape index (κ1) is 19.0. The van der Waals surface area contributed by atoms with Gasteiger partial charge < -0.3 is 0 Å². The summed E-state index contributed by atoms with van der Waals surface area (Å²) in [7, 11) is 0. The maximum Gasteiger partial charge on any atom is -0.0149 e. The van der Waals surface area contributed by atoms with Crippen LogP contribution in [0.3, 0.4) is 0 Å². The van der Waals surface area contributed by atoms with Crippen LogP contribution in [0.15, 0.2) is 72.8 Å². The molecule has 28 heavy (non-hydrogen) atoms. The van der Waals surface area contributed by atoms with E-state index < -0.39 is 0 Å². The fourth-order valence-electron chi connectivity index (χ4n) is 4.77. The molecule has 0 saturated heterocycles. The van der Waals surface area contributed by atoms with Gasteiger partial charge >= 0.3 is 0 Å². The van der Waals surface area contributed by atoms with Crippen molar-refractivity contribution in [1.82, 2.24) is 0 Å². The Morgan fingerprint density at radius 2 is 1.50 bits per heavy atom. The molecule has 1 aliphatic carbocycles. The van der Waals surface area contributed by atoms with Gasteiger partial charge in [-0.1, -0.05) is 93.1 Å². The molecule has 0 amide bonds. The van der Waals surface area contributed by atoms with E-state index in [1.165, 1.54) is 66.3 Å². The number of unbranched alkanes of at least 4 members (excludes halogenated alkanes) is 1. The Kier molecular flexibility index (Phi) is 5.95. The molecule has 0 N–H and O–H groups in total. The molecular formula is C28H32. The lowest BCUT2D eigenvalue weighted by Gasteiger charge is -2.23. The first-order chi connectivity index (χ1) is 13.7. The summed E-state index contributed by atoms with van der Waals surface area (Å²) in [5.74, 6) is 1.35. The summed E-state index contributed by atoms with van der Waals surface area (Å²) in [5.41, 5.74) is 8.97. The number of rotatable bonds is 6. The normalized spacial score (nSPS) is 16.7. The van der Waals surface area contributed by atoms with E-state index >= 15 is 0 Å². The Balaban J connectivity index is 1.66. The van der Waals surface area contributed by atoms with Gasteiger partial charge in [0.25, 0.3) is 0 Å². The molecule has 0 aliphatic heterocycles. The van der Waals surface area contributed by atoms with Crippen LogP contribution >= 0.6 is 0 Å². The third-order valence-electron chi connectivity index (χ3n) is 6.47. The van der Waals surface area contributed by atoms with E-state index in [2.05, 4.69) is 86.6 Å². The van der Waals surface area contributed by atoms with Gasteiger partial charge in [-0.05, 0) is 77.3 Å². The van der Waals surface area contributed by atoms with E-state index in [-0.39, 0.29) is 0 Å². The van der Waals surface area contributed by atoms with Gasteiger partial charge in [-0.25, -0.2) is 0 Å². The predicted molar refractivity (Wildman–Crippen MR) is 121 cm³/mol. The highest BCUT2D eigenvalue weighted by atomic mass is 14.3. The Bertz CT molecular complexity index is 906. The number of hydrogen-bond donors (Lipinski definition) is 0. The molecule has 0 bridgehead atoms. The summed E-state index contributed by atoms with van der Waals surface area (Å²) >= 11 is 0. The van der Waals surface area contributed by atoms with Gasteiger partial charge in [0.1, 0.15) is 0 Å². The second-order valence-electron chi connectivity index (χ2n) is 8.59. The molecule has 2 atom stereocenters. The SMILES string of the molecule is CCCCc1ccc2c(c1)CC(C(C)Cc1ccccc1)Cc1ccccc1-2. The molecule has 0 heteroatoms. The maximum absolute atomic E-state index is 2.51. The molecular weight excluding hydrogens is 336 g/mol. The lowest BCUT2D eigenvalue weighted by atomic mass is 9.81. The minimum absolute atomic E-state index is 0.667. The van der Waals surface area contributed by atoms with Crippen molar-refractivity contribution in [2.24, 2.45) is 11.8 Å². The van der Waals surface area contributed by atoms with Crippen LogP contribution in [0.4, 0.5) is 0 Å².